The van der Waals surface area contributed by atoms with Crippen LogP contribution < -0.4 is 20.9 Å². The smallest absolute Gasteiger partial charge is 0.155 e. The number of ether oxygens (including phenoxy) is 2. The number of para-hydroxylation sites is 4. The van der Waals surface area contributed by atoms with Crippen molar-refractivity contribution in [1.82, 2.24) is 9.97 Å². The molecule has 9 N–H and O–H groups in total. The second-order valence-electron chi connectivity index (χ2n) is 11.1. The van der Waals surface area contributed by atoms with Gasteiger partial charge >= 0.3 is 0 Å². The minimum Gasteiger partial charge on any atom is -0.506 e. The third kappa shape index (κ3) is 10.3. The Morgan fingerprint density at radius 3 is 1.58 bits per heavy atom. The molecular weight excluding hydrogens is 632 g/mol. The fraction of sp³-hybridized carbons (Fsp3) is 0.0750. The van der Waals surface area contributed by atoms with Gasteiger partial charge in [0.15, 0.2) is 6.29 Å². The first kappa shape index (κ1) is 34.8. The van der Waals surface area contributed by atoms with Crippen LogP contribution in [0.4, 0.5) is 11.4 Å². The van der Waals surface area contributed by atoms with Gasteiger partial charge in [-0.1, -0.05) is 72.8 Å². The number of aromatic nitrogens is 2. The van der Waals surface area contributed by atoms with Crippen LogP contribution in [0.25, 0.3) is 11.0 Å². The third-order valence-corrected chi connectivity index (χ3v) is 7.25. The van der Waals surface area contributed by atoms with E-state index in [1.165, 1.54) is 6.07 Å². The molecule has 0 radical (unpaired) electrons. The molecule has 0 spiro atoms. The summed E-state index contributed by atoms with van der Waals surface area (Å²) in [5, 5.41) is 36.4. The molecule has 256 valence electrons. The van der Waals surface area contributed by atoms with E-state index in [1.807, 2.05) is 115 Å². The average molecular weight is 674 g/mol. The molecule has 1 heterocycles. The maximum atomic E-state index is 9.83. The predicted octanol–water partition coefficient (Wildman–Crippen LogP) is 7.79. The highest BCUT2D eigenvalue weighted by molar-refractivity contribution is 5.81. The Labute approximate surface area is 291 Å². The number of aliphatic hydroxyl groups excluding tert-OH is 1. The standard InChI is InChI=1S/C20H16N2O2.C14H14O3.C6H8N2O.H2/c23-18-8-4-7-17-20(18)22-19(21-17)13-14-9-11-16(12-10-14)24-15-5-2-1-3-6-15;15-14(16)10-11-6-8-13(9-7-11)17-12-4-2-1-3-5-12;7-4-2-1-3-5(9)6(4)8;/h1-12,23H,13H2,(H,21,22);1-9,14-16H,10H2;1-3,9H,7-8H2;1H/i;;;1+1. The molecule has 10 heteroatoms. The second-order valence-corrected chi connectivity index (χ2v) is 11.1. The number of nitrogens with one attached hydrogen (secondary N) is 1. The van der Waals surface area contributed by atoms with Crippen molar-refractivity contribution in [2.75, 3.05) is 11.5 Å². The number of anilines is 2. The predicted molar refractivity (Wildman–Crippen MR) is 197 cm³/mol. The van der Waals surface area contributed by atoms with E-state index < -0.39 is 6.29 Å². The van der Waals surface area contributed by atoms with Crippen molar-refractivity contribution in [2.24, 2.45) is 0 Å². The summed E-state index contributed by atoms with van der Waals surface area (Å²) in [6, 6.07) is 44.5. The topological polar surface area (TPSA) is 180 Å². The number of phenols is 2. The Morgan fingerprint density at radius 2 is 1.08 bits per heavy atom. The van der Waals surface area contributed by atoms with E-state index in [0.29, 0.717) is 17.6 Å². The number of nitrogens with two attached hydrogens (primary N) is 2. The number of phenolic OH excluding ortho intramolecular Hbond substituents is 2. The van der Waals surface area contributed by atoms with Gasteiger partial charge in [0.1, 0.15) is 45.8 Å². The molecule has 0 fully saturated rings. The number of aromatic amines is 1. The lowest BCUT2D eigenvalue weighted by Gasteiger charge is -2.07. The first-order chi connectivity index (χ1) is 24.2. The summed E-state index contributed by atoms with van der Waals surface area (Å²) in [5.74, 6) is 4.18. The van der Waals surface area contributed by atoms with Crippen molar-refractivity contribution >= 4 is 22.4 Å². The van der Waals surface area contributed by atoms with Gasteiger partial charge in [0, 0.05) is 14.3 Å². The number of fused-ring (bicyclic) bond motifs is 1. The molecule has 0 saturated heterocycles. The monoisotopic (exact) mass is 673 g/mol. The fourth-order valence-electron chi connectivity index (χ4n) is 4.74. The molecule has 0 aliphatic heterocycles. The molecule has 10 nitrogen and oxygen atoms in total. The number of rotatable bonds is 8. The molecule has 0 amide bonds. The lowest BCUT2D eigenvalue weighted by atomic mass is 10.1. The highest BCUT2D eigenvalue weighted by Gasteiger charge is 2.08. The number of imidazole rings is 1. The van der Waals surface area contributed by atoms with Crippen molar-refractivity contribution in [3.05, 3.63) is 163 Å². The van der Waals surface area contributed by atoms with Crippen LogP contribution in [0.3, 0.4) is 0 Å². The van der Waals surface area contributed by atoms with Crippen LogP contribution in [0, 0.1) is 0 Å². The Balaban J connectivity index is 0.000000188. The van der Waals surface area contributed by atoms with Crippen LogP contribution in [0.15, 0.2) is 146 Å². The molecule has 1 aromatic heterocycles. The molecular formula is C40H40N4O6. The first-order valence-electron chi connectivity index (χ1n) is 15.7. The van der Waals surface area contributed by atoms with Gasteiger partial charge in [-0.05, 0) is 83.9 Å². The van der Waals surface area contributed by atoms with E-state index in [4.69, 9.17) is 36.3 Å². The first-order valence-corrected chi connectivity index (χ1v) is 15.7. The molecule has 0 aliphatic rings. The lowest BCUT2D eigenvalue weighted by Crippen LogP contribution is -2.07. The number of H-pyrrole nitrogens is 1. The normalized spacial score (nSPS) is 10.5. The van der Waals surface area contributed by atoms with Gasteiger partial charge < -0.3 is 46.4 Å². The van der Waals surface area contributed by atoms with Crippen molar-refractivity contribution < 1.29 is 31.3 Å². The van der Waals surface area contributed by atoms with Crippen LogP contribution >= 0.6 is 0 Å². The van der Waals surface area contributed by atoms with E-state index in [9.17, 15) is 5.11 Å². The fourth-order valence-corrected chi connectivity index (χ4v) is 4.74. The van der Waals surface area contributed by atoms with Gasteiger partial charge in [-0.15, -0.1) is 0 Å². The highest BCUT2D eigenvalue weighted by Crippen LogP contribution is 2.26. The maximum Gasteiger partial charge on any atom is 0.155 e. The Kier molecular flexibility index (Phi) is 11.9. The van der Waals surface area contributed by atoms with Crippen LogP contribution in [0.2, 0.25) is 0 Å². The zero-order chi connectivity index (χ0) is 35.3. The average Bonchev–Trinajstić information content (AvgIpc) is 3.54. The summed E-state index contributed by atoms with van der Waals surface area (Å²) in [7, 11) is 0. The molecule has 6 aromatic carbocycles. The Hall–Kier alpha value is -6.49. The van der Waals surface area contributed by atoms with E-state index in [-0.39, 0.29) is 25.0 Å². The van der Waals surface area contributed by atoms with Crippen LogP contribution in [-0.4, -0.2) is 36.7 Å². The molecule has 0 bridgehead atoms. The highest BCUT2D eigenvalue weighted by atomic mass is 16.5. The molecule has 7 aromatic rings. The second kappa shape index (κ2) is 17.1. The Bertz CT molecular complexity index is 2060. The largest absolute Gasteiger partial charge is 0.506 e. The van der Waals surface area contributed by atoms with Crippen LogP contribution in [-0.2, 0) is 12.8 Å². The lowest BCUT2D eigenvalue weighted by molar-refractivity contribution is -0.0381. The minimum atomic E-state index is -1.31. The summed E-state index contributed by atoms with van der Waals surface area (Å²) in [6.45, 7) is 0. The number of hydrogen-bond acceptors (Lipinski definition) is 9. The van der Waals surface area contributed by atoms with Gasteiger partial charge in [-0.2, -0.15) is 0 Å². The Morgan fingerprint density at radius 1 is 0.580 bits per heavy atom. The summed E-state index contributed by atoms with van der Waals surface area (Å²) in [5.41, 5.74) is 14.7. The van der Waals surface area contributed by atoms with Crippen molar-refractivity contribution in [3.63, 3.8) is 0 Å². The van der Waals surface area contributed by atoms with Crippen molar-refractivity contribution in [1.29, 1.82) is 0 Å². The third-order valence-electron chi connectivity index (χ3n) is 7.25. The van der Waals surface area contributed by atoms with Crippen LogP contribution in [0.1, 0.15) is 18.4 Å². The van der Waals surface area contributed by atoms with Gasteiger partial charge in [0.05, 0.1) is 16.9 Å². The molecule has 50 heavy (non-hydrogen) atoms. The van der Waals surface area contributed by atoms with E-state index in [0.717, 1.165) is 45.5 Å². The molecule has 0 saturated carbocycles. The number of aliphatic hydroxyl groups is 2. The summed E-state index contributed by atoms with van der Waals surface area (Å²) < 4.78 is 11.4. The van der Waals surface area contributed by atoms with Crippen LogP contribution in [0.5, 0.6) is 34.5 Å². The summed E-state index contributed by atoms with van der Waals surface area (Å²) >= 11 is 0. The minimum absolute atomic E-state index is 0. The van der Waals surface area contributed by atoms with E-state index in [1.54, 1.807) is 24.3 Å². The number of aromatic hydroxyl groups is 2. The summed E-state index contributed by atoms with van der Waals surface area (Å²) in [6.07, 6.45) is -0.415. The number of benzene rings is 6. The van der Waals surface area contributed by atoms with Gasteiger partial charge in [-0.3, -0.25) is 0 Å². The zero-order valence-electron chi connectivity index (χ0n) is 27.1. The number of nitrogen functional groups attached to an aromatic ring is 2. The molecule has 0 aliphatic carbocycles. The van der Waals surface area contributed by atoms with Crippen molar-refractivity contribution in [2.45, 2.75) is 19.1 Å². The molecule has 0 unspecified atom stereocenters. The van der Waals surface area contributed by atoms with Gasteiger partial charge in [0.2, 0.25) is 0 Å². The molecule has 0 atom stereocenters. The molecule has 7 rings (SSSR count). The maximum absolute atomic E-state index is 9.83. The van der Waals surface area contributed by atoms with E-state index >= 15 is 0 Å². The zero-order valence-corrected chi connectivity index (χ0v) is 27.1. The quantitative estimate of drug-likeness (QED) is 0.0481. The van der Waals surface area contributed by atoms with Crippen molar-refractivity contribution in [3.8, 4) is 34.5 Å². The van der Waals surface area contributed by atoms with Gasteiger partial charge in [0.25, 0.3) is 0 Å². The number of nitrogens with zero attached hydrogens (tertiary/aromatic N) is 1. The number of hydrogen-bond donors (Lipinski definition) is 7. The summed E-state index contributed by atoms with van der Waals surface area (Å²) in [4.78, 5) is 7.70. The van der Waals surface area contributed by atoms with Gasteiger partial charge in [-0.25, -0.2) is 4.98 Å². The van der Waals surface area contributed by atoms with E-state index in [2.05, 4.69) is 9.97 Å². The SMILES string of the molecule is Nc1cccc(O)c1N.OC(O)Cc1ccc(Oc2ccccc2)cc1.Oc1cccc2[nH]c(Cc3ccc(Oc4ccccc4)cc3)nc12.[2HH].